The molecule has 0 unspecified atom stereocenters. The molecular formula is C11H10ClNOS. The van der Waals surface area contributed by atoms with Gasteiger partial charge in [0.05, 0.1) is 17.2 Å². The first-order valence-electron chi connectivity index (χ1n) is 4.54. The zero-order valence-electron chi connectivity index (χ0n) is 8.20. The highest BCUT2D eigenvalue weighted by Gasteiger charge is 2.08. The summed E-state index contributed by atoms with van der Waals surface area (Å²) in [5.41, 5.74) is 1.99. The second-order valence-corrected chi connectivity index (χ2v) is 4.71. The molecule has 2 rings (SSSR count). The van der Waals surface area contributed by atoms with Gasteiger partial charge in [-0.3, -0.25) is 0 Å². The van der Waals surface area contributed by atoms with E-state index >= 15 is 0 Å². The van der Waals surface area contributed by atoms with Gasteiger partial charge in [-0.15, -0.1) is 11.3 Å². The normalized spacial score (nSPS) is 10.6. The number of rotatable bonds is 2. The molecule has 0 aliphatic carbocycles. The average molecular weight is 240 g/mol. The summed E-state index contributed by atoms with van der Waals surface area (Å²) >= 11 is 7.42. The van der Waals surface area contributed by atoms with Crippen LogP contribution in [0.4, 0.5) is 0 Å². The molecule has 0 radical (unpaired) electrons. The van der Waals surface area contributed by atoms with Gasteiger partial charge in [0, 0.05) is 5.02 Å². The minimum atomic E-state index is -0.00786. The predicted octanol–water partition coefficient (Wildman–Crippen LogP) is 3.26. The van der Waals surface area contributed by atoms with E-state index in [1.54, 1.807) is 0 Å². The van der Waals surface area contributed by atoms with Gasteiger partial charge in [-0.1, -0.05) is 23.7 Å². The third-order valence-electron chi connectivity index (χ3n) is 2.06. The summed E-state index contributed by atoms with van der Waals surface area (Å²) in [4.78, 5) is 5.33. The van der Waals surface area contributed by atoms with Crippen LogP contribution in [0.2, 0.25) is 5.02 Å². The predicted molar refractivity (Wildman–Crippen MR) is 63.2 cm³/mol. The highest BCUT2D eigenvalue weighted by atomic mass is 35.5. The second-order valence-electron chi connectivity index (χ2n) is 3.19. The van der Waals surface area contributed by atoms with E-state index in [1.807, 2.05) is 31.2 Å². The maximum Gasteiger partial charge on any atom is 0.119 e. The van der Waals surface area contributed by atoms with Crippen molar-refractivity contribution in [2.24, 2.45) is 0 Å². The van der Waals surface area contributed by atoms with Gasteiger partial charge < -0.3 is 5.11 Å². The highest BCUT2D eigenvalue weighted by molar-refractivity contribution is 7.15. The van der Waals surface area contributed by atoms with Crippen molar-refractivity contribution in [2.75, 3.05) is 0 Å². The number of hydrogen-bond acceptors (Lipinski definition) is 3. The van der Waals surface area contributed by atoms with Gasteiger partial charge in [-0.25, -0.2) is 4.98 Å². The minimum absolute atomic E-state index is 0.00786. The Labute approximate surface area is 97.2 Å². The fourth-order valence-electron chi connectivity index (χ4n) is 1.42. The maximum absolute atomic E-state index is 9.00. The molecule has 1 N–H and O–H groups in total. The van der Waals surface area contributed by atoms with Crippen molar-refractivity contribution in [3.05, 3.63) is 40.0 Å². The smallest absolute Gasteiger partial charge is 0.119 e. The Balaban J connectivity index is 2.48. The number of nitrogens with zero attached hydrogens (tertiary/aromatic N) is 1. The third kappa shape index (κ3) is 2.20. The molecule has 0 amide bonds. The molecule has 0 aliphatic rings. The molecule has 2 aromatic rings. The number of aliphatic hydroxyl groups excluding tert-OH is 1. The van der Waals surface area contributed by atoms with Crippen LogP contribution in [0.3, 0.4) is 0 Å². The lowest BCUT2D eigenvalue weighted by atomic mass is 10.2. The van der Waals surface area contributed by atoms with Gasteiger partial charge in [0.1, 0.15) is 5.01 Å². The van der Waals surface area contributed by atoms with Gasteiger partial charge in [0.2, 0.25) is 0 Å². The third-order valence-corrected chi connectivity index (χ3v) is 3.49. The Morgan fingerprint density at radius 1 is 1.47 bits per heavy atom. The minimum Gasteiger partial charge on any atom is -0.389 e. The summed E-state index contributed by atoms with van der Waals surface area (Å²) in [6, 6.07) is 7.65. The molecule has 0 bridgehead atoms. The largest absolute Gasteiger partial charge is 0.389 e. The summed E-state index contributed by atoms with van der Waals surface area (Å²) in [6.45, 7) is 1.93. The molecule has 0 saturated heterocycles. The maximum atomic E-state index is 9.00. The Kier molecular flexibility index (Phi) is 3.05. The number of aromatic nitrogens is 1. The molecule has 0 fully saturated rings. The molecule has 78 valence electrons. The monoisotopic (exact) mass is 239 g/mol. The quantitative estimate of drug-likeness (QED) is 0.873. The number of aliphatic hydroxyl groups is 1. The zero-order valence-corrected chi connectivity index (χ0v) is 9.77. The first-order valence-corrected chi connectivity index (χ1v) is 5.73. The molecule has 4 heteroatoms. The van der Waals surface area contributed by atoms with E-state index in [2.05, 4.69) is 4.98 Å². The number of hydrogen-bond donors (Lipinski definition) is 1. The molecular weight excluding hydrogens is 230 g/mol. The lowest BCUT2D eigenvalue weighted by molar-refractivity contribution is 0.281. The summed E-state index contributed by atoms with van der Waals surface area (Å²) < 4.78 is 0. The lowest BCUT2D eigenvalue weighted by Gasteiger charge is -1.98. The zero-order chi connectivity index (χ0) is 10.8. The fourth-order valence-corrected chi connectivity index (χ4v) is 2.53. The second kappa shape index (κ2) is 4.31. The van der Waals surface area contributed by atoms with E-state index in [-0.39, 0.29) is 6.61 Å². The van der Waals surface area contributed by atoms with E-state index in [9.17, 15) is 0 Å². The highest BCUT2D eigenvalue weighted by Crippen LogP contribution is 2.31. The number of benzene rings is 1. The first-order chi connectivity index (χ1) is 7.20. The van der Waals surface area contributed by atoms with E-state index in [0.29, 0.717) is 5.02 Å². The molecule has 0 saturated carbocycles. The van der Waals surface area contributed by atoms with E-state index in [0.717, 1.165) is 21.1 Å². The number of thiazole rings is 1. The SMILES string of the molecule is Cc1nc(CO)sc1-c1cccc(Cl)c1. The first kappa shape index (κ1) is 10.6. The average Bonchev–Trinajstić information content (AvgIpc) is 2.60. The van der Waals surface area contributed by atoms with Gasteiger partial charge in [-0.05, 0) is 24.6 Å². The molecule has 2 nitrogen and oxygen atoms in total. The van der Waals surface area contributed by atoms with Crippen LogP contribution < -0.4 is 0 Å². The topological polar surface area (TPSA) is 33.1 Å². The van der Waals surface area contributed by atoms with Crippen molar-refractivity contribution in [1.82, 2.24) is 4.98 Å². The van der Waals surface area contributed by atoms with Gasteiger partial charge in [-0.2, -0.15) is 0 Å². The summed E-state index contributed by atoms with van der Waals surface area (Å²) in [7, 11) is 0. The molecule has 0 spiro atoms. The number of halogens is 1. The molecule has 0 aliphatic heterocycles. The van der Waals surface area contributed by atoms with Crippen LogP contribution in [0, 0.1) is 6.92 Å². The van der Waals surface area contributed by atoms with Gasteiger partial charge in [0.25, 0.3) is 0 Å². The number of aryl methyl sites for hydroxylation is 1. The standard InChI is InChI=1S/C11H10ClNOS/c1-7-11(15-10(6-14)13-7)8-3-2-4-9(12)5-8/h2-5,14H,6H2,1H3. The molecule has 0 atom stereocenters. The van der Waals surface area contributed by atoms with Crippen LogP contribution >= 0.6 is 22.9 Å². The van der Waals surface area contributed by atoms with Crippen molar-refractivity contribution in [3.63, 3.8) is 0 Å². The summed E-state index contributed by atoms with van der Waals surface area (Å²) in [5, 5.41) is 10.5. The van der Waals surface area contributed by atoms with Crippen LogP contribution in [-0.4, -0.2) is 10.1 Å². The van der Waals surface area contributed by atoms with Crippen molar-refractivity contribution in [2.45, 2.75) is 13.5 Å². The molecule has 15 heavy (non-hydrogen) atoms. The van der Waals surface area contributed by atoms with Crippen molar-refractivity contribution in [1.29, 1.82) is 0 Å². The van der Waals surface area contributed by atoms with Crippen molar-refractivity contribution < 1.29 is 5.11 Å². The Morgan fingerprint density at radius 3 is 2.87 bits per heavy atom. The van der Waals surface area contributed by atoms with E-state index in [4.69, 9.17) is 16.7 Å². The van der Waals surface area contributed by atoms with Crippen LogP contribution in [0.1, 0.15) is 10.7 Å². The van der Waals surface area contributed by atoms with E-state index < -0.39 is 0 Å². The lowest BCUT2D eigenvalue weighted by Crippen LogP contribution is -1.80. The Hall–Kier alpha value is -0.900. The van der Waals surface area contributed by atoms with Crippen LogP contribution in [0.5, 0.6) is 0 Å². The molecule has 1 aromatic heterocycles. The van der Waals surface area contributed by atoms with Crippen LogP contribution in [-0.2, 0) is 6.61 Å². The summed E-state index contributed by atoms with van der Waals surface area (Å²) in [5.74, 6) is 0. The summed E-state index contributed by atoms with van der Waals surface area (Å²) in [6.07, 6.45) is 0. The van der Waals surface area contributed by atoms with Crippen LogP contribution in [0.25, 0.3) is 10.4 Å². The van der Waals surface area contributed by atoms with Crippen molar-refractivity contribution >= 4 is 22.9 Å². The van der Waals surface area contributed by atoms with Crippen molar-refractivity contribution in [3.8, 4) is 10.4 Å². The Morgan fingerprint density at radius 2 is 2.27 bits per heavy atom. The fraction of sp³-hybridized carbons (Fsp3) is 0.182. The van der Waals surface area contributed by atoms with Crippen LogP contribution in [0.15, 0.2) is 24.3 Å². The van der Waals surface area contributed by atoms with E-state index in [1.165, 1.54) is 11.3 Å². The molecule has 1 aromatic carbocycles. The Bertz CT molecular complexity index is 481. The van der Waals surface area contributed by atoms with Gasteiger partial charge in [0.15, 0.2) is 0 Å². The molecule has 1 heterocycles. The van der Waals surface area contributed by atoms with Gasteiger partial charge >= 0.3 is 0 Å².